The summed E-state index contributed by atoms with van der Waals surface area (Å²) in [6.45, 7) is 4.57. The Kier molecular flexibility index (Phi) is 4.71. The van der Waals surface area contributed by atoms with Crippen molar-refractivity contribution in [1.29, 1.82) is 0 Å². The van der Waals surface area contributed by atoms with Crippen LogP contribution in [0.15, 0.2) is 30.5 Å². The molecule has 0 aliphatic carbocycles. The van der Waals surface area contributed by atoms with Crippen LogP contribution in [0, 0.1) is 12.8 Å². The van der Waals surface area contributed by atoms with E-state index in [1.807, 2.05) is 43.1 Å². The predicted molar refractivity (Wildman–Crippen MR) is 88.7 cm³/mol. The van der Waals surface area contributed by atoms with Crippen molar-refractivity contribution in [3.63, 3.8) is 0 Å². The number of rotatable bonds is 4. The van der Waals surface area contributed by atoms with E-state index in [-0.39, 0.29) is 5.91 Å². The van der Waals surface area contributed by atoms with Crippen molar-refractivity contribution in [1.82, 2.24) is 25.2 Å². The van der Waals surface area contributed by atoms with Crippen LogP contribution in [0.25, 0.3) is 5.69 Å². The number of carbonyl (C=O) groups is 1. The highest BCUT2D eigenvalue weighted by atomic mass is 16.2. The van der Waals surface area contributed by atoms with Crippen molar-refractivity contribution in [2.24, 2.45) is 5.92 Å². The van der Waals surface area contributed by atoms with E-state index in [0.29, 0.717) is 11.6 Å². The molecule has 0 radical (unpaired) electrons. The molecule has 2 aromatic rings. The quantitative estimate of drug-likeness (QED) is 0.932. The second kappa shape index (κ2) is 6.91. The number of hydrogen-bond donors (Lipinski definition) is 1. The maximum atomic E-state index is 12.6. The largest absolute Gasteiger partial charge is 0.337 e. The Morgan fingerprint density at radius 3 is 2.87 bits per heavy atom. The van der Waals surface area contributed by atoms with E-state index in [1.54, 1.807) is 10.9 Å². The van der Waals surface area contributed by atoms with Gasteiger partial charge in [0.1, 0.15) is 0 Å². The highest BCUT2D eigenvalue weighted by Crippen LogP contribution is 2.18. The second-order valence-electron chi connectivity index (χ2n) is 6.20. The Balaban J connectivity index is 1.72. The van der Waals surface area contributed by atoms with Crippen LogP contribution in [0.5, 0.6) is 0 Å². The van der Waals surface area contributed by atoms with Gasteiger partial charge in [-0.3, -0.25) is 4.79 Å². The van der Waals surface area contributed by atoms with Crippen molar-refractivity contribution < 1.29 is 4.79 Å². The van der Waals surface area contributed by atoms with Gasteiger partial charge < -0.3 is 10.2 Å². The standard InChI is InChI=1S/C17H23N5O/c1-13-5-7-15(8-6-13)22-12-16(19-20-22)17(23)21-9-3-4-14(11-21)10-18-2/h5-8,12,14,18H,3-4,9-11H2,1-2H3. The summed E-state index contributed by atoms with van der Waals surface area (Å²) in [6, 6.07) is 7.99. The summed E-state index contributed by atoms with van der Waals surface area (Å²) >= 11 is 0. The molecular formula is C17H23N5O. The zero-order valence-corrected chi connectivity index (χ0v) is 13.7. The maximum absolute atomic E-state index is 12.6. The molecule has 3 rings (SSSR count). The molecule has 1 unspecified atom stereocenters. The first-order chi connectivity index (χ1) is 11.2. The molecule has 6 heteroatoms. The lowest BCUT2D eigenvalue weighted by atomic mass is 9.98. The zero-order chi connectivity index (χ0) is 16.2. The minimum Gasteiger partial charge on any atom is -0.337 e. The van der Waals surface area contributed by atoms with Crippen LogP contribution in [-0.2, 0) is 0 Å². The van der Waals surface area contributed by atoms with Gasteiger partial charge in [-0.2, -0.15) is 0 Å². The highest BCUT2D eigenvalue weighted by molar-refractivity contribution is 5.92. The number of benzene rings is 1. The van der Waals surface area contributed by atoms with Gasteiger partial charge in [-0.25, -0.2) is 4.68 Å². The van der Waals surface area contributed by atoms with Crippen molar-refractivity contribution in [3.05, 3.63) is 41.7 Å². The fourth-order valence-corrected chi connectivity index (χ4v) is 3.05. The number of nitrogens with zero attached hydrogens (tertiary/aromatic N) is 4. The van der Waals surface area contributed by atoms with Crippen molar-refractivity contribution >= 4 is 5.91 Å². The molecule has 1 saturated heterocycles. The Bertz CT molecular complexity index is 662. The number of amides is 1. The summed E-state index contributed by atoms with van der Waals surface area (Å²) in [5.74, 6) is 0.494. The third kappa shape index (κ3) is 3.59. The van der Waals surface area contributed by atoms with E-state index in [2.05, 4.69) is 15.6 Å². The lowest BCUT2D eigenvalue weighted by Gasteiger charge is -2.32. The number of hydrogen-bond acceptors (Lipinski definition) is 4. The van der Waals surface area contributed by atoms with Gasteiger partial charge in [0.15, 0.2) is 5.69 Å². The molecule has 0 bridgehead atoms. The van der Waals surface area contributed by atoms with Crippen LogP contribution < -0.4 is 5.32 Å². The lowest BCUT2D eigenvalue weighted by molar-refractivity contribution is 0.0668. The number of aromatic nitrogens is 3. The molecule has 1 fully saturated rings. The zero-order valence-electron chi connectivity index (χ0n) is 13.7. The van der Waals surface area contributed by atoms with E-state index in [0.717, 1.165) is 31.7 Å². The number of piperidine rings is 1. The van der Waals surface area contributed by atoms with Crippen molar-refractivity contribution in [2.75, 3.05) is 26.7 Å². The Hall–Kier alpha value is -2.21. The summed E-state index contributed by atoms with van der Waals surface area (Å²) in [5, 5.41) is 11.4. The Labute approximate surface area is 136 Å². The van der Waals surface area contributed by atoms with Gasteiger partial charge in [-0.1, -0.05) is 22.9 Å². The van der Waals surface area contributed by atoms with Gasteiger partial charge in [0.25, 0.3) is 5.91 Å². The molecular weight excluding hydrogens is 290 g/mol. The first-order valence-electron chi connectivity index (χ1n) is 8.10. The normalized spacial score (nSPS) is 18.2. The monoisotopic (exact) mass is 313 g/mol. The molecule has 1 aliphatic rings. The van der Waals surface area contributed by atoms with E-state index in [4.69, 9.17) is 0 Å². The highest BCUT2D eigenvalue weighted by Gasteiger charge is 2.25. The number of nitrogens with one attached hydrogen (secondary N) is 1. The average Bonchev–Trinajstić information content (AvgIpc) is 3.05. The van der Waals surface area contributed by atoms with Gasteiger partial charge in [-0.05, 0) is 51.4 Å². The third-order valence-corrected chi connectivity index (χ3v) is 4.31. The predicted octanol–water partition coefficient (Wildman–Crippen LogP) is 1.65. The van der Waals surface area contributed by atoms with E-state index < -0.39 is 0 Å². The van der Waals surface area contributed by atoms with Crippen molar-refractivity contribution in [2.45, 2.75) is 19.8 Å². The molecule has 0 spiro atoms. The summed E-state index contributed by atoms with van der Waals surface area (Å²) in [4.78, 5) is 14.5. The molecule has 2 heterocycles. The van der Waals surface area contributed by atoms with Crippen LogP contribution in [0.4, 0.5) is 0 Å². The molecule has 1 aliphatic heterocycles. The molecule has 122 valence electrons. The van der Waals surface area contributed by atoms with Gasteiger partial charge >= 0.3 is 0 Å². The first-order valence-corrected chi connectivity index (χ1v) is 8.10. The minimum absolute atomic E-state index is 0.0239. The molecule has 6 nitrogen and oxygen atoms in total. The molecule has 1 atom stereocenters. The molecule has 1 amide bonds. The van der Waals surface area contributed by atoms with Crippen LogP contribution in [0.1, 0.15) is 28.9 Å². The van der Waals surface area contributed by atoms with Gasteiger partial charge in [0.2, 0.25) is 0 Å². The van der Waals surface area contributed by atoms with E-state index in [9.17, 15) is 4.79 Å². The summed E-state index contributed by atoms with van der Waals surface area (Å²) < 4.78 is 1.65. The van der Waals surface area contributed by atoms with Gasteiger partial charge in [-0.15, -0.1) is 5.10 Å². The topological polar surface area (TPSA) is 63.1 Å². The minimum atomic E-state index is -0.0239. The fraction of sp³-hybridized carbons (Fsp3) is 0.471. The lowest BCUT2D eigenvalue weighted by Crippen LogP contribution is -2.42. The molecule has 0 saturated carbocycles. The number of aryl methyl sites for hydroxylation is 1. The van der Waals surface area contributed by atoms with Gasteiger partial charge in [0, 0.05) is 13.1 Å². The molecule has 1 N–H and O–H groups in total. The van der Waals surface area contributed by atoms with Crippen LogP contribution in [-0.4, -0.2) is 52.5 Å². The smallest absolute Gasteiger partial charge is 0.276 e. The molecule has 23 heavy (non-hydrogen) atoms. The summed E-state index contributed by atoms with van der Waals surface area (Å²) in [7, 11) is 1.95. The van der Waals surface area contributed by atoms with E-state index >= 15 is 0 Å². The van der Waals surface area contributed by atoms with Gasteiger partial charge in [0.05, 0.1) is 11.9 Å². The first kappa shape index (κ1) is 15.7. The van der Waals surface area contributed by atoms with Crippen molar-refractivity contribution in [3.8, 4) is 5.69 Å². The second-order valence-corrected chi connectivity index (χ2v) is 6.20. The van der Waals surface area contributed by atoms with Crippen LogP contribution in [0.2, 0.25) is 0 Å². The third-order valence-electron chi connectivity index (χ3n) is 4.31. The maximum Gasteiger partial charge on any atom is 0.276 e. The van der Waals surface area contributed by atoms with Crippen LogP contribution >= 0.6 is 0 Å². The Morgan fingerprint density at radius 2 is 2.13 bits per heavy atom. The number of likely N-dealkylation sites (tertiary alicyclic amines) is 1. The summed E-state index contributed by atoms with van der Waals surface area (Å²) in [5.41, 5.74) is 2.51. The summed E-state index contributed by atoms with van der Waals surface area (Å²) in [6.07, 6.45) is 3.93. The van der Waals surface area contributed by atoms with Crippen LogP contribution in [0.3, 0.4) is 0 Å². The average molecular weight is 313 g/mol. The van der Waals surface area contributed by atoms with E-state index in [1.165, 1.54) is 12.0 Å². The fourth-order valence-electron chi connectivity index (χ4n) is 3.05. The Morgan fingerprint density at radius 1 is 1.35 bits per heavy atom. The number of carbonyl (C=O) groups excluding carboxylic acids is 1. The SMILES string of the molecule is CNCC1CCCN(C(=O)c2cn(-c3ccc(C)cc3)nn2)C1. The molecule has 1 aromatic heterocycles. The molecule has 1 aromatic carbocycles.